The fourth-order valence-electron chi connectivity index (χ4n) is 3.10. The molecule has 0 aliphatic carbocycles. The van der Waals surface area contributed by atoms with Crippen molar-refractivity contribution in [2.75, 3.05) is 12.0 Å². The van der Waals surface area contributed by atoms with Gasteiger partial charge >= 0.3 is 0 Å². The summed E-state index contributed by atoms with van der Waals surface area (Å²) in [7, 11) is 1.57. The fourth-order valence-corrected chi connectivity index (χ4v) is 3.37. The molecule has 1 aliphatic rings. The summed E-state index contributed by atoms with van der Waals surface area (Å²) in [5.41, 5.74) is 1.78. The number of amidine groups is 1. The molecule has 0 saturated heterocycles. The average molecular weight is 451 g/mol. The summed E-state index contributed by atoms with van der Waals surface area (Å²) in [5.74, 6) is 0.0882. The maximum Gasteiger partial charge on any atom is 0.282 e. The van der Waals surface area contributed by atoms with Crippen LogP contribution in [0.3, 0.4) is 0 Å². The quantitative estimate of drug-likeness (QED) is 0.497. The van der Waals surface area contributed by atoms with Crippen LogP contribution in [0.2, 0.25) is 0 Å². The summed E-state index contributed by atoms with van der Waals surface area (Å²) >= 11 is 3.39. The third-order valence-corrected chi connectivity index (χ3v) is 5.02. The van der Waals surface area contributed by atoms with E-state index in [2.05, 4.69) is 20.9 Å². The molecular formula is C23H16BrFN2O2. The van der Waals surface area contributed by atoms with E-state index in [1.807, 2.05) is 30.3 Å². The van der Waals surface area contributed by atoms with E-state index in [0.29, 0.717) is 17.0 Å². The molecule has 1 aliphatic heterocycles. The van der Waals surface area contributed by atoms with Crippen molar-refractivity contribution in [1.82, 2.24) is 0 Å². The van der Waals surface area contributed by atoms with Crippen LogP contribution in [0.5, 0.6) is 5.75 Å². The van der Waals surface area contributed by atoms with Gasteiger partial charge in [-0.25, -0.2) is 9.38 Å². The Kier molecular flexibility index (Phi) is 5.27. The van der Waals surface area contributed by atoms with Crippen molar-refractivity contribution < 1.29 is 13.9 Å². The average Bonchev–Trinajstić information content (AvgIpc) is 3.05. The number of nitrogens with zero attached hydrogens (tertiary/aromatic N) is 2. The highest BCUT2D eigenvalue weighted by molar-refractivity contribution is 9.10. The van der Waals surface area contributed by atoms with Crippen LogP contribution >= 0.6 is 15.9 Å². The Balaban J connectivity index is 1.86. The van der Waals surface area contributed by atoms with Gasteiger partial charge in [-0.2, -0.15) is 0 Å². The van der Waals surface area contributed by atoms with Crippen LogP contribution in [-0.4, -0.2) is 18.9 Å². The van der Waals surface area contributed by atoms with Gasteiger partial charge in [-0.05, 0) is 48.5 Å². The molecule has 0 aromatic heterocycles. The first-order valence-electron chi connectivity index (χ1n) is 8.87. The van der Waals surface area contributed by atoms with E-state index in [-0.39, 0.29) is 23.0 Å². The summed E-state index contributed by atoms with van der Waals surface area (Å²) in [6.07, 6.45) is 1.65. The molecule has 6 heteroatoms. The lowest BCUT2D eigenvalue weighted by Gasteiger charge is -2.19. The standard InChI is InChI=1S/C23H16BrFN2O2/c1-29-21-9-5-2-6-15(21)14-20-23(28)27(17-12-10-16(24)11-13-17)22(26-20)18-7-3-4-8-19(18)25/h2-14H,1H3/b20-14+. The predicted octanol–water partition coefficient (Wildman–Crippen LogP) is 5.43. The monoisotopic (exact) mass is 450 g/mol. The molecule has 4 nitrogen and oxygen atoms in total. The number of anilines is 1. The van der Waals surface area contributed by atoms with Crippen LogP contribution in [0, 0.1) is 5.82 Å². The van der Waals surface area contributed by atoms with E-state index in [1.54, 1.807) is 49.6 Å². The third kappa shape index (κ3) is 3.71. The van der Waals surface area contributed by atoms with Crippen LogP contribution in [-0.2, 0) is 4.79 Å². The van der Waals surface area contributed by atoms with E-state index in [4.69, 9.17) is 4.74 Å². The van der Waals surface area contributed by atoms with Crippen molar-refractivity contribution in [1.29, 1.82) is 0 Å². The molecule has 0 N–H and O–H groups in total. The number of benzene rings is 3. The van der Waals surface area contributed by atoms with Crippen molar-refractivity contribution in [3.63, 3.8) is 0 Å². The highest BCUT2D eigenvalue weighted by Crippen LogP contribution is 2.31. The van der Waals surface area contributed by atoms with Crippen molar-refractivity contribution in [3.8, 4) is 5.75 Å². The minimum atomic E-state index is -0.445. The minimum Gasteiger partial charge on any atom is -0.496 e. The second-order valence-corrected chi connectivity index (χ2v) is 7.22. The van der Waals surface area contributed by atoms with E-state index in [0.717, 1.165) is 4.47 Å². The highest BCUT2D eigenvalue weighted by atomic mass is 79.9. The lowest BCUT2D eigenvalue weighted by Crippen LogP contribution is -2.33. The Morgan fingerprint density at radius 2 is 1.69 bits per heavy atom. The number of hydrogen-bond acceptors (Lipinski definition) is 3. The number of hydrogen-bond donors (Lipinski definition) is 0. The summed E-state index contributed by atoms with van der Waals surface area (Å²) in [6.45, 7) is 0. The van der Waals surface area contributed by atoms with E-state index >= 15 is 0 Å². The van der Waals surface area contributed by atoms with E-state index in [1.165, 1.54) is 11.0 Å². The second-order valence-electron chi connectivity index (χ2n) is 6.30. The molecule has 144 valence electrons. The number of ether oxygens (including phenoxy) is 1. The molecule has 1 heterocycles. The van der Waals surface area contributed by atoms with Gasteiger partial charge in [0.1, 0.15) is 17.3 Å². The van der Waals surface area contributed by atoms with Crippen molar-refractivity contribution in [2.24, 2.45) is 4.99 Å². The fraction of sp³-hybridized carbons (Fsp3) is 0.0435. The largest absolute Gasteiger partial charge is 0.496 e. The van der Waals surface area contributed by atoms with Crippen LogP contribution in [0.25, 0.3) is 6.08 Å². The smallest absolute Gasteiger partial charge is 0.282 e. The van der Waals surface area contributed by atoms with Gasteiger partial charge in [-0.1, -0.05) is 46.3 Å². The summed E-state index contributed by atoms with van der Waals surface area (Å²) in [6, 6.07) is 20.8. The Bertz CT molecular complexity index is 1140. The summed E-state index contributed by atoms with van der Waals surface area (Å²) in [4.78, 5) is 19.2. The predicted molar refractivity (Wildman–Crippen MR) is 116 cm³/mol. The van der Waals surface area contributed by atoms with Crippen molar-refractivity contribution >= 4 is 39.4 Å². The molecule has 0 saturated carbocycles. The molecule has 0 radical (unpaired) electrons. The number of halogens is 2. The van der Waals surface area contributed by atoms with E-state index in [9.17, 15) is 9.18 Å². The highest BCUT2D eigenvalue weighted by Gasteiger charge is 2.33. The van der Waals surface area contributed by atoms with Gasteiger partial charge in [0.05, 0.1) is 18.4 Å². The van der Waals surface area contributed by atoms with Crippen LogP contribution in [0.15, 0.2) is 88.0 Å². The molecular weight excluding hydrogens is 435 g/mol. The normalized spacial score (nSPS) is 15.0. The van der Waals surface area contributed by atoms with Gasteiger partial charge in [-0.15, -0.1) is 0 Å². The number of amides is 1. The molecule has 0 unspecified atom stereocenters. The number of carbonyl (C=O) groups excluding carboxylic acids is 1. The Morgan fingerprint density at radius 3 is 2.41 bits per heavy atom. The number of aliphatic imine (C=N–C) groups is 1. The molecule has 3 aromatic carbocycles. The van der Waals surface area contributed by atoms with Crippen LogP contribution in [0.4, 0.5) is 10.1 Å². The number of methoxy groups -OCH3 is 1. The van der Waals surface area contributed by atoms with Gasteiger partial charge in [0.25, 0.3) is 5.91 Å². The molecule has 1 amide bonds. The van der Waals surface area contributed by atoms with Gasteiger partial charge in [0.2, 0.25) is 0 Å². The molecule has 0 spiro atoms. The zero-order chi connectivity index (χ0) is 20.4. The first-order valence-corrected chi connectivity index (χ1v) is 9.66. The molecule has 0 atom stereocenters. The molecule has 0 fully saturated rings. The third-order valence-electron chi connectivity index (χ3n) is 4.49. The number of para-hydroxylation sites is 1. The second kappa shape index (κ2) is 8.01. The van der Waals surface area contributed by atoms with Gasteiger partial charge in [-0.3, -0.25) is 9.69 Å². The molecule has 29 heavy (non-hydrogen) atoms. The summed E-state index contributed by atoms with van der Waals surface area (Å²) < 4.78 is 20.8. The Hall–Kier alpha value is -3.25. The maximum atomic E-state index is 14.5. The molecule has 3 aromatic rings. The number of rotatable bonds is 4. The van der Waals surface area contributed by atoms with Gasteiger partial charge in [0.15, 0.2) is 5.84 Å². The first-order chi connectivity index (χ1) is 14.1. The lowest BCUT2D eigenvalue weighted by atomic mass is 10.1. The van der Waals surface area contributed by atoms with Crippen LogP contribution < -0.4 is 9.64 Å². The summed E-state index contributed by atoms with van der Waals surface area (Å²) in [5, 5.41) is 0. The van der Waals surface area contributed by atoms with Crippen molar-refractivity contribution in [2.45, 2.75) is 0 Å². The maximum absolute atomic E-state index is 14.5. The van der Waals surface area contributed by atoms with Crippen LogP contribution in [0.1, 0.15) is 11.1 Å². The minimum absolute atomic E-state index is 0.204. The Morgan fingerprint density at radius 1 is 1.00 bits per heavy atom. The SMILES string of the molecule is COc1ccccc1/C=C1/N=C(c2ccccc2F)N(c2ccc(Br)cc2)C1=O. The van der Waals surface area contributed by atoms with E-state index < -0.39 is 5.82 Å². The van der Waals surface area contributed by atoms with Crippen molar-refractivity contribution in [3.05, 3.63) is 99.9 Å². The van der Waals surface area contributed by atoms with Gasteiger partial charge < -0.3 is 4.74 Å². The lowest BCUT2D eigenvalue weighted by molar-refractivity contribution is -0.113. The molecule has 4 rings (SSSR count). The zero-order valence-electron chi connectivity index (χ0n) is 15.5. The number of carbonyl (C=O) groups is 1. The Labute approximate surface area is 176 Å². The zero-order valence-corrected chi connectivity index (χ0v) is 17.1. The van der Waals surface area contributed by atoms with Gasteiger partial charge in [0, 0.05) is 10.0 Å². The topological polar surface area (TPSA) is 41.9 Å². The molecule has 0 bridgehead atoms. The first kappa shape index (κ1) is 19.1.